The maximum Gasteiger partial charge on any atom is 0.245 e. The van der Waals surface area contributed by atoms with E-state index in [4.69, 9.17) is 21.7 Å². The zero-order valence-corrected chi connectivity index (χ0v) is 18.8. The minimum Gasteiger partial charge on any atom is -0.387 e. The molecule has 1 saturated heterocycles. The SMILES string of the molecule is C[C@H](Nc1ncnn2cccc12)c1cc2cccc(Cl)c2nc1N1CC[C@@H](NC(=O)CO)C1. The Morgan fingerprint density at radius 1 is 1.33 bits per heavy atom. The molecule has 1 aliphatic heterocycles. The average Bonchev–Trinajstić information content (AvgIpc) is 3.48. The molecule has 1 aliphatic rings. The van der Waals surface area contributed by atoms with Crippen molar-refractivity contribution in [3.8, 4) is 0 Å². The van der Waals surface area contributed by atoms with Gasteiger partial charge in [-0.1, -0.05) is 23.7 Å². The van der Waals surface area contributed by atoms with Gasteiger partial charge in [-0.05, 0) is 37.6 Å². The molecule has 0 bridgehead atoms. The molecule has 2 atom stereocenters. The van der Waals surface area contributed by atoms with Crippen LogP contribution in [0.1, 0.15) is 24.9 Å². The molecule has 0 saturated carbocycles. The van der Waals surface area contributed by atoms with Crippen LogP contribution in [0.25, 0.3) is 16.4 Å². The van der Waals surface area contributed by atoms with Crippen molar-refractivity contribution < 1.29 is 9.90 Å². The quantitative estimate of drug-likeness (QED) is 0.402. The molecule has 1 amide bonds. The normalized spacial score (nSPS) is 16.9. The first-order valence-electron chi connectivity index (χ1n) is 10.8. The molecular formula is C23H24ClN7O2. The summed E-state index contributed by atoms with van der Waals surface area (Å²) in [6.07, 6.45) is 4.17. The Balaban J connectivity index is 1.51. The van der Waals surface area contributed by atoms with Gasteiger partial charge in [0.05, 0.1) is 16.6 Å². The van der Waals surface area contributed by atoms with E-state index < -0.39 is 6.61 Å². The van der Waals surface area contributed by atoms with Gasteiger partial charge in [0.15, 0.2) is 5.82 Å². The van der Waals surface area contributed by atoms with Crippen molar-refractivity contribution in [1.82, 2.24) is 24.9 Å². The van der Waals surface area contributed by atoms with Gasteiger partial charge in [-0.2, -0.15) is 5.10 Å². The Kier molecular flexibility index (Phi) is 5.74. The number of nitrogens with one attached hydrogen (secondary N) is 2. The number of aliphatic hydroxyl groups is 1. The maximum atomic E-state index is 11.7. The smallest absolute Gasteiger partial charge is 0.245 e. The fourth-order valence-electron chi connectivity index (χ4n) is 4.34. The van der Waals surface area contributed by atoms with Crippen molar-refractivity contribution in [2.75, 3.05) is 29.9 Å². The van der Waals surface area contributed by atoms with E-state index in [1.54, 1.807) is 4.52 Å². The average molecular weight is 466 g/mol. The number of hydrogen-bond acceptors (Lipinski definition) is 7. The highest BCUT2D eigenvalue weighted by molar-refractivity contribution is 6.35. The van der Waals surface area contributed by atoms with E-state index in [1.165, 1.54) is 6.33 Å². The van der Waals surface area contributed by atoms with Crippen molar-refractivity contribution in [2.45, 2.75) is 25.4 Å². The van der Waals surface area contributed by atoms with Crippen LogP contribution >= 0.6 is 11.6 Å². The van der Waals surface area contributed by atoms with Gasteiger partial charge in [0, 0.05) is 36.3 Å². The molecule has 0 spiro atoms. The number of rotatable bonds is 6. The number of benzene rings is 1. The summed E-state index contributed by atoms with van der Waals surface area (Å²) >= 11 is 6.47. The molecule has 33 heavy (non-hydrogen) atoms. The minimum absolute atomic E-state index is 0.0493. The molecule has 4 heterocycles. The molecule has 0 unspecified atom stereocenters. The standard InChI is InChI=1S/C23H24ClN7O2/c1-14(27-22-19-6-3-8-31(19)26-13-25-22)17-10-15-4-2-5-18(24)21(15)29-23(17)30-9-7-16(11-30)28-20(33)12-32/h2-6,8,10,13-14,16,32H,7,9,11-12H2,1H3,(H,28,33)(H,25,26,27)/t14-,16+/m0/s1. The highest BCUT2D eigenvalue weighted by Crippen LogP contribution is 2.34. The van der Waals surface area contributed by atoms with Crippen LogP contribution in [0.4, 0.5) is 11.6 Å². The largest absolute Gasteiger partial charge is 0.387 e. The zero-order valence-electron chi connectivity index (χ0n) is 18.1. The fourth-order valence-corrected chi connectivity index (χ4v) is 4.57. The summed E-state index contributed by atoms with van der Waals surface area (Å²) in [4.78, 5) is 23.2. The number of aliphatic hydroxyl groups excluding tert-OH is 1. The lowest BCUT2D eigenvalue weighted by molar-refractivity contribution is -0.124. The van der Waals surface area contributed by atoms with Crippen molar-refractivity contribution >= 4 is 45.6 Å². The second-order valence-corrected chi connectivity index (χ2v) is 8.59. The Morgan fingerprint density at radius 3 is 3.06 bits per heavy atom. The van der Waals surface area contributed by atoms with Crippen LogP contribution in [-0.2, 0) is 4.79 Å². The van der Waals surface area contributed by atoms with Crippen LogP contribution in [-0.4, -0.2) is 56.3 Å². The Labute approximate surface area is 195 Å². The third kappa shape index (κ3) is 4.17. The second kappa shape index (κ2) is 8.84. The fraction of sp³-hybridized carbons (Fsp3) is 0.304. The summed E-state index contributed by atoms with van der Waals surface area (Å²) in [7, 11) is 0. The summed E-state index contributed by atoms with van der Waals surface area (Å²) in [6, 6.07) is 11.6. The molecule has 4 aromatic rings. The summed E-state index contributed by atoms with van der Waals surface area (Å²) in [5, 5.41) is 21.2. The van der Waals surface area contributed by atoms with Gasteiger partial charge in [-0.15, -0.1) is 0 Å². The Hall–Kier alpha value is -3.43. The molecule has 5 rings (SSSR count). The Morgan fingerprint density at radius 2 is 2.21 bits per heavy atom. The lowest BCUT2D eigenvalue weighted by Crippen LogP contribution is -2.38. The highest BCUT2D eigenvalue weighted by atomic mass is 35.5. The Bertz CT molecular complexity index is 1320. The molecule has 0 aliphatic carbocycles. The van der Waals surface area contributed by atoms with Crippen LogP contribution in [0.15, 0.2) is 48.9 Å². The lowest BCUT2D eigenvalue weighted by Gasteiger charge is -2.25. The molecule has 1 aromatic carbocycles. The number of amides is 1. The minimum atomic E-state index is -0.514. The number of aromatic nitrogens is 4. The van der Waals surface area contributed by atoms with Crippen LogP contribution in [0, 0.1) is 0 Å². The van der Waals surface area contributed by atoms with Crippen molar-refractivity contribution in [2.24, 2.45) is 0 Å². The van der Waals surface area contributed by atoms with E-state index in [-0.39, 0.29) is 18.0 Å². The number of carbonyl (C=O) groups is 1. The van der Waals surface area contributed by atoms with E-state index in [2.05, 4.69) is 38.6 Å². The third-order valence-corrected chi connectivity index (χ3v) is 6.26. The van der Waals surface area contributed by atoms with Crippen molar-refractivity contribution in [3.05, 3.63) is 59.5 Å². The second-order valence-electron chi connectivity index (χ2n) is 8.18. The number of pyridine rings is 1. The summed E-state index contributed by atoms with van der Waals surface area (Å²) in [5.74, 6) is 1.18. The van der Waals surface area contributed by atoms with Crippen LogP contribution < -0.4 is 15.5 Å². The monoisotopic (exact) mass is 465 g/mol. The molecule has 3 aromatic heterocycles. The number of halogens is 1. The molecular weight excluding hydrogens is 442 g/mol. The predicted octanol–water partition coefficient (Wildman–Crippen LogP) is 2.79. The van der Waals surface area contributed by atoms with Gasteiger partial charge in [0.25, 0.3) is 0 Å². The number of hydrogen-bond donors (Lipinski definition) is 3. The number of fused-ring (bicyclic) bond motifs is 2. The number of para-hydroxylation sites is 1. The van der Waals surface area contributed by atoms with Crippen LogP contribution in [0.3, 0.4) is 0 Å². The van der Waals surface area contributed by atoms with Crippen molar-refractivity contribution in [1.29, 1.82) is 0 Å². The van der Waals surface area contributed by atoms with E-state index in [9.17, 15) is 4.79 Å². The van der Waals surface area contributed by atoms with Crippen LogP contribution in [0.5, 0.6) is 0 Å². The van der Waals surface area contributed by atoms with Gasteiger partial charge in [0.1, 0.15) is 24.3 Å². The summed E-state index contributed by atoms with van der Waals surface area (Å²) < 4.78 is 1.77. The third-order valence-electron chi connectivity index (χ3n) is 5.95. The summed E-state index contributed by atoms with van der Waals surface area (Å²) in [6.45, 7) is 2.89. The first-order chi connectivity index (χ1) is 16.0. The topological polar surface area (TPSA) is 108 Å². The first kappa shape index (κ1) is 21.4. The summed E-state index contributed by atoms with van der Waals surface area (Å²) in [5.41, 5.74) is 2.63. The van der Waals surface area contributed by atoms with Crippen molar-refractivity contribution in [3.63, 3.8) is 0 Å². The zero-order chi connectivity index (χ0) is 22.9. The number of nitrogens with zero attached hydrogens (tertiary/aromatic N) is 5. The molecule has 3 N–H and O–H groups in total. The molecule has 9 nitrogen and oxygen atoms in total. The maximum absolute atomic E-state index is 11.7. The molecule has 1 fully saturated rings. The van der Waals surface area contributed by atoms with Gasteiger partial charge >= 0.3 is 0 Å². The van der Waals surface area contributed by atoms with E-state index >= 15 is 0 Å². The van der Waals surface area contributed by atoms with E-state index in [0.29, 0.717) is 11.6 Å². The van der Waals surface area contributed by atoms with Gasteiger partial charge in [-0.25, -0.2) is 14.5 Å². The first-order valence-corrected chi connectivity index (χ1v) is 11.2. The van der Waals surface area contributed by atoms with E-state index in [0.717, 1.165) is 46.6 Å². The molecule has 10 heteroatoms. The van der Waals surface area contributed by atoms with Gasteiger partial charge < -0.3 is 20.6 Å². The van der Waals surface area contributed by atoms with Gasteiger partial charge in [0.2, 0.25) is 5.91 Å². The van der Waals surface area contributed by atoms with Gasteiger partial charge in [-0.3, -0.25) is 4.79 Å². The molecule has 0 radical (unpaired) electrons. The lowest BCUT2D eigenvalue weighted by atomic mass is 10.1. The highest BCUT2D eigenvalue weighted by Gasteiger charge is 2.28. The van der Waals surface area contributed by atoms with E-state index in [1.807, 2.05) is 36.5 Å². The predicted molar refractivity (Wildman–Crippen MR) is 128 cm³/mol. The van der Waals surface area contributed by atoms with Crippen LogP contribution in [0.2, 0.25) is 5.02 Å². The molecule has 170 valence electrons. The number of anilines is 2. The number of carbonyl (C=O) groups excluding carboxylic acids is 1.